The third kappa shape index (κ3) is 4.71. The molecule has 0 amide bonds. The zero-order valence-electron chi connectivity index (χ0n) is 13.6. The number of likely N-dealkylation sites (tertiary alicyclic amines) is 1. The Hall–Kier alpha value is -0.120. The molecule has 2 rings (SSSR count). The molecule has 3 nitrogen and oxygen atoms in total. The van der Waals surface area contributed by atoms with E-state index < -0.39 is 5.60 Å². The zero-order valence-corrected chi connectivity index (χ0v) is 13.6. The maximum atomic E-state index is 10.3. The van der Waals surface area contributed by atoms with E-state index in [-0.39, 0.29) is 0 Å². The van der Waals surface area contributed by atoms with Gasteiger partial charge in [0.05, 0.1) is 5.60 Å². The molecule has 20 heavy (non-hydrogen) atoms. The fourth-order valence-electron chi connectivity index (χ4n) is 4.16. The molecule has 0 spiro atoms. The van der Waals surface area contributed by atoms with Crippen LogP contribution in [0, 0.1) is 5.41 Å². The van der Waals surface area contributed by atoms with Crippen molar-refractivity contribution in [2.45, 2.75) is 70.8 Å². The highest BCUT2D eigenvalue weighted by Gasteiger charge is 2.36. The van der Waals surface area contributed by atoms with Gasteiger partial charge in [-0.2, -0.15) is 0 Å². The summed E-state index contributed by atoms with van der Waals surface area (Å²) in [5, 5.41) is 14.0. The molecule has 3 heteroatoms. The van der Waals surface area contributed by atoms with E-state index in [0.29, 0.717) is 5.41 Å². The molecule has 1 aliphatic carbocycles. The van der Waals surface area contributed by atoms with Gasteiger partial charge in [0, 0.05) is 19.6 Å². The highest BCUT2D eigenvalue weighted by Crippen LogP contribution is 2.37. The second kappa shape index (κ2) is 7.24. The fourth-order valence-corrected chi connectivity index (χ4v) is 4.16. The van der Waals surface area contributed by atoms with E-state index in [1.807, 2.05) is 6.92 Å². The molecule has 2 fully saturated rings. The quantitative estimate of drug-likeness (QED) is 0.735. The second-order valence-electron chi connectivity index (χ2n) is 7.55. The number of rotatable bonds is 6. The standard InChI is InChI=1S/C17H34N2O/c1-3-11-18-13-17(9-5-4-6-10-17)15-19-12-7-8-16(2,20)14-19/h18,20H,3-15H2,1-2H3. The highest BCUT2D eigenvalue weighted by atomic mass is 16.3. The van der Waals surface area contributed by atoms with E-state index in [0.717, 1.165) is 25.9 Å². The molecular weight excluding hydrogens is 248 g/mol. The predicted octanol–water partition coefficient (Wildman–Crippen LogP) is 2.78. The summed E-state index contributed by atoms with van der Waals surface area (Å²) in [6.07, 6.45) is 10.2. The zero-order chi connectivity index (χ0) is 14.5. The van der Waals surface area contributed by atoms with Crippen LogP contribution < -0.4 is 5.32 Å². The van der Waals surface area contributed by atoms with E-state index >= 15 is 0 Å². The third-order valence-electron chi connectivity index (χ3n) is 5.15. The monoisotopic (exact) mass is 282 g/mol. The van der Waals surface area contributed by atoms with Gasteiger partial charge in [0.2, 0.25) is 0 Å². The Kier molecular flexibility index (Phi) is 5.88. The Labute approximate surface area is 125 Å². The number of piperidine rings is 1. The van der Waals surface area contributed by atoms with Gasteiger partial charge in [-0.25, -0.2) is 0 Å². The predicted molar refractivity (Wildman–Crippen MR) is 85.0 cm³/mol. The summed E-state index contributed by atoms with van der Waals surface area (Å²) in [5.74, 6) is 0. The van der Waals surface area contributed by atoms with Gasteiger partial charge in [-0.15, -0.1) is 0 Å². The molecule has 1 atom stereocenters. The summed E-state index contributed by atoms with van der Waals surface area (Å²) in [7, 11) is 0. The maximum Gasteiger partial charge on any atom is 0.0746 e. The molecule has 118 valence electrons. The third-order valence-corrected chi connectivity index (χ3v) is 5.15. The van der Waals surface area contributed by atoms with Crippen molar-refractivity contribution in [1.29, 1.82) is 0 Å². The van der Waals surface area contributed by atoms with Crippen LogP contribution in [-0.2, 0) is 0 Å². The van der Waals surface area contributed by atoms with Crippen LogP contribution in [0.3, 0.4) is 0 Å². The van der Waals surface area contributed by atoms with Crippen LogP contribution in [0.4, 0.5) is 0 Å². The van der Waals surface area contributed by atoms with Crippen LogP contribution in [0.2, 0.25) is 0 Å². The lowest BCUT2D eigenvalue weighted by atomic mass is 9.73. The van der Waals surface area contributed by atoms with Crippen LogP contribution >= 0.6 is 0 Å². The van der Waals surface area contributed by atoms with Crippen LogP contribution in [0.15, 0.2) is 0 Å². The van der Waals surface area contributed by atoms with Crippen molar-refractivity contribution in [3.63, 3.8) is 0 Å². The summed E-state index contributed by atoms with van der Waals surface area (Å²) in [4.78, 5) is 2.53. The van der Waals surface area contributed by atoms with Gasteiger partial charge in [0.1, 0.15) is 0 Å². The molecule has 1 saturated carbocycles. The fraction of sp³-hybridized carbons (Fsp3) is 1.00. The van der Waals surface area contributed by atoms with Crippen molar-refractivity contribution in [2.75, 3.05) is 32.7 Å². The Morgan fingerprint density at radius 2 is 1.85 bits per heavy atom. The molecule has 0 bridgehead atoms. The van der Waals surface area contributed by atoms with Gasteiger partial charge in [-0.3, -0.25) is 4.90 Å². The molecule has 0 aromatic heterocycles. The second-order valence-corrected chi connectivity index (χ2v) is 7.55. The SMILES string of the molecule is CCCNCC1(CN2CCCC(C)(O)C2)CCCCC1. The topological polar surface area (TPSA) is 35.5 Å². The van der Waals surface area contributed by atoms with Gasteiger partial charge in [0.25, 0.3) is 0 Å². The lowest BCUT2D eigenvalue weighted by molar-refractivity contribution is -0.0328. The van der Waals surface area contributed by atoms with E-state index in [2.05, 4.69) is 17.1 Å². The lowest BCUT2D eigenvalue weighted by Gasteiger charge is -2.45. The van der Waals surface area contributed by atoms with Gasteiger partial charge in [-0.1, -0.05) is 26.2 Å². The van der Waals surface area contributed by atoms with Crippen LogP contribution in [0.5, 0.6) is 0 Å². The van der Waals surface area contributed by atoms with Crippen molar-refractivity contribution in [2.24, 2.45) is 5.41 Å². The first-order valence-electron chi connectivity index (χ1n) is 8.71. The van der Waals surface area contributed by atoms with Gasteiger partial charge >= 0.3 is 0 Å². The summed E-state index contributed by atoms with van der Waals surface area (Å²) in [6, 6.07) is 0. The number of aliphatic hydroxyl groups is 1. The number of nitrogens with zero attached hydrogens (tertiary/aromatic N) is 1. The molecule has 2 N–H and O–H groups in total. The lowest BCUT2D eigenvalue weighted by Crippen LogP contribution is -2.52. The largest absolute Gasteiger partial charge is 0.389 e. The number of hydrogen-bond donors (Lipinski definition) is 2. The highest BCUT2D eigenvalue weighted by molar-refractivity contribution is 4.91. The number of β-amino-alcohol motifs (C(OH)–C–C–N with tert-alkyl or cyclic N) is 1. The Balaban J connectivity index is 1.92. The van der Waals surface area contributed by atoms with Crippen molar-refractivity contribution in [3.05, 3.63) is 0 Å². The molecule has 0 aromatic rings. The smallest absolute Gasteiger partial charge is 0.0746 e. The first-order valence-corrected chi connectivity index (χ1v) is 8.71. The Morgan fingerprint density at radius 1 is 1.10 bits per heavy atom. The van der Waals surface area contributed by atoms with Crippen molar-refractivity contribution in [3.8, 4) is 0 Å². The van der Waals surface area contributed by atoms with Crippen LogP contribution in [0.25, 0.3) is 0 Å². The molecule has 1 heterocycles. The van der Waals surface area contributed by atoms with E-state index in [4.69, 9.17) is 0 Å². The molecule has 1 unspecified atom stereocenters. The normalized spacial score (nSPS) is 31.4. The molecular formula is C17H34N2O. The summed E-state index contributed by atoms with van der Waals surface area (Å²) in [5.41, 5.74) is -0.00814. The van der Waals surface area contributed by atoms with Crippen LogP contribution in [0.1, 0.15) is 65.2 Å². The Morgan fingerprint density at radius 3 is 2.50 bits per heavy atom. The summed E-state index contributed by atoms with van der Waals surface area (Å²) >= 11 is 0. The molecule has 1 saturated heterocycles. The first-order chi connectivity index (χ1) is 9.55. The number of nitrogens with one attached hydrogen (secondary N) is 1. The Bertz CT molecular complexity index is 285. The minimum Gasteiger partial charge on any atom is -0.389 e. The average Bonchev–Trinajstić information content (AvgIpc) is 2.39. The van der Waals surface area contributed by atoms with Gasteiger partial charge in [-0.05, 0) is 57.5 Å². The number of hydrogen-bond acceptors (Lipinski definition) is 3. The van der Waals surface area contributed by atoms with E-state index in [9.17, 15) is 5.11 Å². The average molecular weight is 282 g/mol. The molecule has 0 aromatic carbocycles. The van der Waals surface area contributed by atoms with E-state index in [1.165, 1.54) is 58.2 Å². The molecule has 1 aliphatic heterocycles. The van der Waals surface area contributed by atoms with Gasteiger partial charge in [0.15, 0.2) is 0 Å². The first kappa shape index (κ1) is 16.3. The minimum atomic E-state index is -0.467. The summed E-state index contributed by atoms with van der Waals surface area (Å²) < 4.78 is 0. The van der Waals surface area contributed by atoms with Crippen molar-refractivity contribution in [1.82, 2.24) is 10.2 Å². The van der Waals surface area contributed by atoms with Gasteiger partial charge < -0.3 is 10.4 Å². The molecule has 0 radical (unpaired) electrons. The van der Waals surface area contributed by atoms with E-state index in [1.54, 1.807) is 0 Å². The molecule has 2 aliphatic rings. The summed E-state index contributed by atoms with van der Waals surface area (Å²) in [6.45, 7) is 9.76. The maximum absolute atomic E-state index is 10.3. The van der Waals surface area contributed by atoms with Crippen molar-refractivity contribution < 1.29 is 5.11 Å². The van der Waals surface area contributed by atoms with Crippen molar-refractivity contribution >= 4 is 0 Å². The van der Waals surface area contributed by atoms with Crippen LogP contribution in [-0.4, -0.2) is 48.3 Å². The minimum absolute atomic E-state index is 0.459.